The molecule has 8 heteroatoms. The van der Waals surface area contributed by atoms with Gasteiger partial charge in [0.05, 0.1) is 17.8 Å². The second kappa shape index (κ2) is 8.44. The van der Waals surface area contributed by atoms with Crippen LogP contribution in [0.4, 0.5) is 5.82 Å². The summed E-state index contributed by atoms with van der Waals surface area (Å²) in [7, 11) is 0. The highest BCUT2D eigenvalue weighted by atomic mass is 16.4. The van der Waals surface area contributed by atoms with E-state index >= 15 is 0 Å². The molecule has 0 unspecified atom stereocenters. The molecular formula is C25H29N7O. The average molecular weight is 444 g/mol. The van der Waals surface area contributed by atoms with Gasteiger partial charge in [0, 0.05) is 29.1 Å². The molecule has 1 aromatic carbocycles. The average Bonchev–Trinajstić information content (AvgIpc) is 3.50. The molecule has 0 saturated carbocycles. The van der Waals surface area contributed by atoms with Gasteiger partial charge >= 0.3 is 0 Å². The van der Waals surface area contributed by atoms with Gasteiger partial charge in [0.15, 0.2) is 0 Å². The zero-order valence-corrected chi connectivity index (χ0v) is 19.2. The van der Waals surface area contributed by atoms with Gasteiger partial charge in [-0.05, 0) is 55.1 Å². The van der Waals surface area contributed by atoms with E-state index in [1.807, 2.05) is 24.4 Å². The van der Waals surface area contributed by atoms with Crippen LogP contribution in [0.5, 0.6) is 0 Å². The second-order valence-corrected chi connectivity index (χ2v) is 9.59. The van der Waals surface area contributed by atoms with Crippen LogP contribution < -0.4 is 11.1 Å². The number of benzene rings is 1. The van der Waals surface area contributed by atoms with Gasteiger partial charge in [-0.2, -0.15) is 5.10 Å². The summed E-state index contributed by atoms with van der Waals surface area (Å²) < 4.78 is 8.04. The van der Waals surface area contributed by atoms with Crippen LogP contribution in [-0.4, -0.2) is 38.1 Å². The molecule has 1 fully saturated rings. The highest BCUT2D eigenvalue weighted by Gasteiger charge is 2.19. The number of aromatic nitrogens is 5. The predicted octanol–water partition coefficient (Wildman–Crippen LogP) is 4.47. The van der Waals surface area contributed by atoms with E-state index in [0.29, 0.717) is 29.2 Å². The lowest BCUT2D eigenvalue weighted by Crippen LogP contribution is -2.29. The fourth-order valence-corrected chi connectivity index (χ4v) is 4.12. The van der Waals surface area contributed by atoms with E-state index < -0.39 is 0 Å². The normalized spacial score (nSPS) is 15.1. The third-order valence-corrected chi connectivity index (χ3v) is 6.19. The lowest BCUT2D eigenvalue weighted by molar-refractivity contribution is 0.343. The first-order valence-electron chi connectivity index (χ1n) is 11.3. The number of nitrogens with zero attached hydrogens (tertiary/aromatic N) is 5. The summed E-state index contributed by atoms with van der Waals surface area (Å²) in [6.07, 6.45) is 7.85. The minimum absolute atomic E-state index is 0.0841. The molecule has 170 valence electrons. The van der Waals surface area contributed by atoms with E-state index in [4.69, 9.17) is 10.2 Å². The Morgan fingerprint density at radius 1 is 0.970 bits per heavy atom. The van der Waals surface area contributed by atoms with Gasteiger partial charge in [0.25, 0.3) is 5.89 Å². The number of nitrogens with two attached hydrogens (primary N) is 1. The molecule has 5 rings (SSSR count). The monoisotopic (exact) mass is 443 g/mol. The second-order valence-electron chi connectivity index (χ2n) is 9.59. The summed E-state index contributed by atoms with van der Waals surface area (Å²) in [5.74, 6) is 1.15. The molecule has 0 aliphatic carbocycles. The summed E-state index contributed by atoms with van der Waals surface area (Å²) in [6, 6.07) is 10.6. The maximum absolute atomic E-state index is 6.17. The molecule has 0 bridgehead atoms. The third-order valence-electron chi connectivity index (χ3n) is 6.19. The Balaban J connectivity index is 1.41. The molecular weight excluding hydrogens is 414 g/mol. The molecule has 0 amide bonds. The van der Waals surface area contributed by atoms with Crippen molar-refractivity contribution in [1.82, 2.24) is 30.3 Å². The lowest BCUT2D eigenvalue weighted by Gasteiger charge is -2.22. The number of piperidine rings is 1. The highest BCUT2D eigenvalue weighted by molar-refractivity contribution is 5.75. The number of rotatable bonds is 4. The summed E-state index contributed by atoms with van der Waals surface area (Å²) in [6.45, 7) is 8.60. The van der Waals surface area contributed by atoms with E-state index in [2.05, 4.69) is 69.4 Å². The maximum Gasteiger partial charge on any atom is 0.251 e. The van der Waals surface area contributed by atoms with Crippen LogP contribution in [0, 0.1) is 0 Å². The largest absolute Gasteiger partial charge is 0.416 e. The van der Waals surface area contributed by atoms with E-state index in [1.165, 1.54) is 5.56 Å². The van der Waals surface area contributed by atoms with Crippen LogP contribution in [0.3, 0.4) is 0 Å². The standard InChI is InChI=1S/C25H29N7O/c1-25(2,3)19-6-4-16(5-7-19)23-30-31-24(33-23)21-12-17(13-28-22(21)26)18-14-29-32(15-18)20-8-10-27-11-9-20/h4-7,12-15,20,27H,8-11H2,1-3H3,(H2,26,28). The summed E-state index contributed by atoms with van der Waals surface area (Å²) in [4.78, 5) is 4.38. The zero-order chi connectivity index (χ0) is 23.0. The lowest BCUT2D eigenvalue weighted by atomic mass is 9.87. The van der Waals surface area contributed by atoms with Crippen molar-refractivity contribution in [1.29, 1.82) is 0 Å². The minimum atomic E-state index is 0.0841. The number of hydrogen-bond donors (Lipinski definition) is 2. The number of anilines is 1. The van der Waals surface area contributed by atoms with Crippen LogP contribution in [-0.2, 0) is 5.41 Å². The van der Waals surface area contributed by atoms with Gasteiger partial charge in [-0.25, -0.2) is 4.98 Å². The van der Waals surface area contributed by atoms with Gasteiger partial charge < -0.3 is 15.5 Å². The van der Waals surface area contributed by atoms with Crippen molar-refractivity contribution in [3.8, 4) is 34.0 Å². The van der Waals surface area contributed by atoms with Crippen LogP contribution in [0.2, 0.25) is 0 Å². The Labute approximate surface area is 193 Å². The van der Waals surface area contributed by atoms with Crippen molar-refractivity contribution in [3.05, 3.63) is 54.5 Å². The fraction of sp³-hybridized carbons (Fsp3) is 0.360. The molecule has 0 radical (unpaired) electrons. The first-order chi connectivity index (χ1) is 15.9. The summed E-state index contributed by atoms with van der Waals surface area (Å²) in [5, 5.41) is 16.5. The van der Waals surface area contributed by atoms with Crippen LogP contribution in [0.1, 0.15) is 45.2 Å². The molecule has 0 spiro atoms. The van der Waals surface area contributed by atoms with Crippen LogP contribution in [0.25, 0.3) is 34.0 Å². The quantitative estimate of drug-likeness (QED) is 0.479. The topological polar surface area (TPSA) is 108 Å². The van der Waals surface area contributed by atoms with Crippen molar-refractivity contribution in [2.45, 2.75) is 45.1 Å². The SMILES string of the molecule is CC(C)(C)c1ccc(-c2nnc(-c3cc(-c4cnn(C5CCNCC5)c4)cnc3N)o2)cc1. The summed E-state index contributed by atoms with van der Waals surface area (Å²) >= 11 is 0. The zero-order valence-electron chi connectivity index (χ0n) is 19.2. The Kier molecular flexibility index (Phi) is 5.46. The molecule has 1 aliphatic heterocycles. The van der Waals surface area contributed by atoms with Gasteiger partial charge in [-0.3, -0.25) is 4.68 Å². The van der Waals surface area contributed by atoms with E-state index in [-0.39, 0.29) is 5.41 Å². The smallest absolute Gasteiger partial charge is 0.251 e. The molecule has 8 nitrogen and oxygen atoms in total. The molecule has 1 aliphatic rings. The van der Waals surface area contributed by atoms with Crippen molar-refractivity contribution in [3.63, 3.8) is 0 Å². The Hall–Kier alpha value is -3.52. The van der Waals surface area contributed by atoms with E-state index in [0.717, 1.165) is 42.6 Å². The number of nitrogen functional groups attached to an aromatic ring is 1. The highest BCUT2D eigenvalue weighted by Crippen LogP contribution is 2.32. The predicted molar refractivity (Wildman–Crippen MR) is 128 cm³/mol. The molecule has 1 saturated heterocycles. The third kappa shape index (κ3) is 4.39. The molecule has 4 aromatic rings. The Bertz CT molecular complexity index is 1240. The van der Waals surface area contributed by atoms with Gasteiger partial charge in [-0.15, -0.1) is 10.2 Å². The van der Waals surface area contributed by atoms with Gasteiger partial charge in [0.1, 0.15) is 5.82 Å². The molecule has 3 N–H and O–H groups in total. The fourth-order valence-electron chi connectivity index (χ4n) is 4.12. The van der Waals surface area contributed by atoms with Crippen molar-refractivity contribution in [2.75, 3.05) is 18.8 Å². The van der Waals surface area contributed by atoms with Crippen molar-refractivity contribution < 1.29 is 4.42 Å². The first kappa shape index (κ1) is 21.3. The van der Waals surface area contributed by atoms with E-state index in [1.54, 1.807) is 6.20 Å². The van der Waals surface area contributed by atoms with Crippen molar-refractivity contribution in [2.24, 2.45) is 0 Å². The van der Waals surface area contributed by atoms with Crippen LogP contribution >= 0.6 is 0 Å². The molecule has 0 atom stereocenters. The van der Waals surface area contributed by atoms with Crippen LogP contribution in [0.15, 0.2) is 53.3 Å². The Morgan fingerprint density at radius 3 is 2.42 bits per heavy atom. The molecule has 33 heavy (non-hydrogen) atoms. The molecule has 3 aromatic heterocycles. The van der Waals surface area contributed by atoms with Crippen molar-refractivity contribution >= 4 is 5.82 Å². The number of pyridine rings is 1. The first-order valence-corrected chi connectivity index (χ1v) is 11.3. The van der Waals surface area contributed by atoms with E-state index in [9.17, 15) is 0 Å². The summed E-state index contributed by atoms with van der Waals surface area (Å²) in [5.41, 5.74) is 10.9. The molecule has 4 heterocycles. The maximum atomic E-state index is 6.17. The number of hydrogen-bond acceptors (Lipinski definition) is 7. The number of nitrogens with one attached hydrogen (secondary N) is 1. The Morgan fingerprint density at radius 2 is 1.70 bits per heavy atom. The van der Waals surface area contributed by atoms with Gasteiger partial charge in [0.2, 0.25) is 5.89 Å². The minimum Gasteiger partial charge on any atom is -0.416 e. The van der Waals surface area contributed by atoms with Gasteiger partial charge in [-0.1, -0.05) is 32.9 Å².